The highest BCUT2D eigenvalue weighted by molar-refractivity contribution is 7.80. The van der Waals surface area contributed by atoms with Crippen LogP contribution in [0.2, 0.25) is 0 Å². The number of nitrogens with one attached hydrogen (secondary N) is 1. The molecular weight excluding hydrogens is 481 g/mol. The Morgan fingerprint density at radius 2 is 1.75 bits per heavy atom. The highest BCUT2D eigenvalue weighted by Crippen LogP contribution is 2.34. The van der Waals surface area contributed by atoms with Gasteiger partial charge < -0.3 is 19.7 Å². The first-order chi connectivity index (χ1) is 17.5. The molecule has 2 aliphatic heterocycles. The van der Waals surface area contributed by atoms with Crippen molar-refractivity contribution in [2.45, 2.75) is 25.4 Å². The number of hydrogen-bond donors (Lipinski definition) is 1. The molecule has 9 heteroatoms. The van der Waals surface area contributed by atoms with Crippen LogP contribution in [0.25, 0.3) is 0 Å². The van der Waals surface area contributed by atoms with Crippen molar-refractivity contribution in [3.63, 3.8) is 0 Å². The molecule has 0 aliphatic carbocycles. The number of amides is 2. The first-order valence-electron chi connectivity index (χ1n) is 11.6. The van der Waals surface area contributed by atoms with E-state index in [0.717, 1.165) is 11.1 Å². The zero-order valence-corrected chi connectivity index (χ0v) is 20.2. The first kappa shape index (κ1) is 23.7. The van der Waals surface area contributed by atoms with Crippen LogP contribution in [-0.2, 0) is 22.6 Å². The van der Waals surface area contributed by atoms with Crippen LogP contribution in [0.4, 0.5) is 10.1 Å². The van der Waals surface area contributed by atoms with E-state index in [4.69, 9.17) is 21.7 Å². The zero-order chi connectivity index (χ0) is 25.1. The summed E-state index contributed by atoms with van der Waals surface area (Å²) in [5.74, 6) is 0.330. The lowest BCUT2D eigenvalue weighted by Crippen LogP contribution is -2.37. The third kappa shape index (κ3) is 5.16. The number of anilines is 1. The van der Waals surface area contributed by atoms with E-state index in [1.54, 1.807) is 9.80 Å². The second-order valence-electron chi connectivity index (χ2n) is 8.60. The number of rotatable bonds is 8. The molecule has 7 nitrogen and oxygen atoms in total. The minimum absolute atomic E-state index is 0.0945. The average molecular weight is 506 g/mol. The molecular formula is C27H24FN3O4S. The summed E-state index contributed by atoms with van der Waals surface area (Å²) in [4.78, 5) is 29.7. The van der Waals surface area contributed by atoms with Crippen molar-refractivity contribution in [1.29, 1.82) is 0 Å². The monoisotopic (exact) mass is 505 g/mol. The number of carbonyl (C=O) groups excluding carboxylic acids is 2. The van der Waals surface area contributed by atoms with Crippen molar-refractivity contribution in [3.8, 4) is 11.5 Å². The topological polar surface area (TPSA) is 71.1 Å². The van der Waals surface area contributed by atoms with Crippen molar-refractivity contribution in [1.82, 2.24) is 9.80 Å². The summed E-state index contributed by atoms with van der Waals surface area (Å²) in [6, 6.07) is 20.1. The summed E-state index contributed by atoms with van der Waals surface area (Å²) in [5, 5.41) is 3.12. The lowest BCUT2D eigenvalue weighted by Gasteiger charge is -2.24. The van der Waals surface area contributed by atoms with Gasteiger partial charge in [0.05, 0.1) is 6.42 Å². The Bertz CT molecular complexity index is 1290. The highest BCUT2D eigenvalue weighted by Gasteiger charge is 2.43. The molecule has 2 aliphatic rings. The van der Waals surface area contributed by atoms with Gasteiger partial charge in [0.2, 0.25) is 12.7 Å². The Hall–Kier alpha value is -3.98. The largest absolute Gasteiger partial charge is 0.454 e. The fourth-order valence-electron chi connectivity index (χ4n) is 4.32. The van der Waals surface area contributed by atoms with E-state index in [-0.39, 0.29) is 25.0 Å². The van der Waals surface area contributed by atoms with Gasteiger partial charge in [0.15, 0.2) is 16.6 Å². The molecule has 2 heterocycles. The molecule has 1 N–H and O–H groups in total. The third-order valence-electron chi connectivity index (χ3n) is 6.17. The maximum atomic E-state index is 13.5. The summed E-state index contributed by atoms with van der Waals surface area (Å²) < 4.78 is 24.1. The van der Waals surface area contributed by atoms with Crippen LogP contribution in [0, 0.1) is 5.82 Å². The Morgan fingerprint density at radius 1 is 1.00 bits per heavy atom. The average Bonchev–Trinajstić information content (AvgIpc) is 3.43. The normalized spacial score (nSPS) is 16.5. The summed E-state index contributed by atoms with van der Waals surface area (Å²) in [7, 11) is 0. The van der Waals surface area contributed by atoms with Gasteiger partial charge in [-0.2, -0.15) is 0 Å². The highest BCUT2D eigenvalue weighted by atomic mass is 32.1. The van der Waals surface area contributed by atoms with Gasteiger partial charge in [-0.15, -0.1) is 0 Å². The van der Waals surface area contributed by atoms with Crippen molar-refractivity contribution in [3.05, 3.63) is 89.7 Å². The van der Waals surface area contributed by atoms with Crippen molar-refractivity contribution < 1.29 is 23.5 Å². The van der Waals surface area contributed by atoms with Crippen LogP contribution in [0.15, 0.2) is 72.8 Å². The summed E-state index contributed by atoms with van der Waals surface area (Å²) in [5.41, 5.74) is 2.42. The molecule has 1 saturated heterocycles. The van der Waals surface area contributed by atoms with Crippen LogP contribution in [0.1, 0.15) is 17.5 Å². The minimum Gasteiger partial charge on any atom is -0.454 e. The van der Waals surface area contributed by atoms with Crippen LogP contribution < -0.4 is 14.8 Å². The van der Waals surface area contributed by atoms with Gasteiger partial charge in [0, 0.05) is 18.8 Å². The number of thiocarbonyl (C=S) groups is 1. The Labute approximate surface area is 213 Å². The second-order valence-corrected chi connectivity index (χ2v) is 8.96. The van der Waals surface area contributed by atoms with E-state index >= 15 is 0 Å². The van der Waals surface area contributed by atoms with E-state index in [0.29, 0.717) is 41.8 Å². The number of nitrogens with zero attached hydrogens (tertiary/aromatic N) is 2. The molecule has 1 fully saturated rings. The Kier molecular flexibility index (Phi) is 6.81. The van der Waals surface area contributed by atoms with E-state index in [1.807, 2.05) is 48.5 Å². The quantitative estimate of drug-likeness (QED) is 0.465. The number of halogens is 1. The van der Waals surface area contributed by atoms with Crippen molar-refractivity contribution >= 4 is 34.8 Å². The summed E-state index contributed by atoms with van der Waals surface area (Å²) >= 11 is 5.73. The minimum atomic E-state index is -0.765. The predicted octanol–water partition coefficient (Wildman–Crippen LogP) is 4.12. The molecule has 3 aromatic rings. The molecule has 184 valence electrons. The summed E-state index contributed by atoms with van der Waals surface area (Å²) in [6.45, 7) is 0.909. The molecule has 0 aromatic heterocycles. The van der Waals surface area contributed by atoms with Crippen molar-refractivity contribution in [2.24, 2.45) is 0 Å². The molecule has 0 bridgehead atoms. The van der Waals surface area contributed by atoms with E-state index in [9.17, 15) is 14.0 Å². The number of benzene rings is 3. The van der Waals surface area contributed by atoms with Crippen molar-refractivity contribution in [2.75, 3.05) is 18.7 Å². The number of ether oxygens (including phenoxy) is 2. The molecule has 0 unspecified atom stereocenters. The first-order valence-corrected chi connectivity index (χ1v) is 12.0. The lowest BCUT2D eigenvalue weighted by molar-refractivity contribution is -0.130. The van der Waals surface area contributed by atoms with Gasteiger partial charge in [0.1, 0.15) is 11.9 Å². The fraction of sp³-hybridized carbons (Fsp3) is 0.222. The van der Waals surface area contributed by atoms with Crippen LogP contribution in [0.3, 0.4) is 0 Å². The maximum absolute atomic E-state index is 13.5. The number of carbonyl (C=O) groups is 2. The molecule has 5 rings (SSSR count). The van der Waals surface area contributed by atoms with Gasteiger partial charge in [0.25, 0.3) is 5.91 Å². The molecule has 36 heavy (non-hydrogen) atoms. The Balaban J connectivity index is 1.34. The number of fused-ring (bicyclic) bond motifs is 1. The predicted molar refractivity (Wildman–Crippen MR) is 136 cm³/mol. The molecule has 1 atom stereocenters. The molecule has 0 spiro atoms. The second kappa shape index (κ2) is 10.3. The molecule has 0 saturated carbocycles. The van der Waals surface area contributed by atoms with Gasteiger partial charge in [-0.05, 0) is 66.2 Å². The van der Waals surface area contributed by atoms with E-state index in [1.165, 1.54) is 24.3 Å². The third-order valence-corrected chi connectivity index (χ3v) is 6.62. The molecule has 3 aromatic carbocycles. The van der Waals surface area contributed by atoms with Gasteiger partial charge >= 0.3 is 0 Å². The number of hydrogen-bond acceptors (Lipinski definition) is 5. The Morgan fingerprint density at radius 3 is 2.53 bits per heavy atom. The lowest BCUT2D eigenvalue weighted by atomic mass is 10.1. The summed E-state index contributed by atoms with van der Waals surface area (Å²) in [6.07, 6.45) is 0.543. The van der Waals surface area contributed by atoms with Crippen LogP contribution in [0.5, 0.6) is 11.5 Å². The maximum Gasteiger partial charge on any atom is 0.252 e. The van der Waals surface area contributed by atoms with E-state index < -0.39 is 11.9 Å². The van der Waals surface area contributed by atoms with Gasteiger partial charge in [-0.1, -0.05) is 36.4 Å². The SMILES string of the molecule is O=C(C[C@@H]1C(=O)N(CCc2ccccc2)C(=S)N1Cc1ccc2c(c1)OCO2)Nc1ccc(F)cc1. The smallest absolute Gasteiger partial charge is 0.252 e. The fourth-order valence-corrected chi connectivity index (χ4v) is 4.69. The van der Waals surface area contributed by atoms with Gasteiger partial charge in [-0.3, -0.25) is 14.5 Å². The standard InChI is InChI=1S/C27H24FN3O4S/c28-20-7-9-21(10-8-20)29-25(32)15-22-26(33)30(13-12-18-4-2-1-3-5-18)27(36)31(22)16-19-6-11-23-24(14-19)35-17-34-23/h1-11,14,22H,12-13,15-17H2,(H,29,32)/t22-/m1/s1. The molecule has 2 amide bonds. The van der Waals surface area contributed by atoms with Crippen LogP contribution in [-0.4, -0.2) is 46.1 Å². The van der Waals surface area contributed by atoms with Gasteiger partial charge in [-0.25, -0.2) is 4.39 Å². The molecule has 0 radical (unpaired) electrons. The van der Waals surface area contributed by atoms with Crippen LogP contribution >= 0.6 is 12.2 Å². The zero-order valence-electron chi connectivity index (χ0n) is 19.4. The van der Waals surface area contributed by atoms with E-state index in [2.05, 4.69) is 5.32 Å².